The van der Waals surface area contributed by atoms with Crippen LogP contribution in [-0.2, 0) is 9.59 Å². The molecule has 1 N–H and O–H groups in total. The number of hydrogen-bond donors (Lipinski definition) is 1. The first-order valence-corrected chi connectivity index (χ1v) is 7.28. The molecular weight excluding hydrogens is 282 g/mol. The molecule has 0 aliphatic rings. The number of amides is 2. The summed E-state index contributed by atoms with van der Waals surface area (Å²) in [7, 11) is 5.51. The van der Waals surface area contributed by atoms with Crippen LogP contribution in [0.25, 0.3) is 0 Å². The first kappa shape index (κ1) is 18.0. The monoisotopic (exact) mass is 307 g/mol. The van der Waals surface area contributed by atoms with Crippen LogP contribution in [-0.4, -0.2) is 57.6 Å². The fourth-order valence-electron chi connectivity index (χ4n) is 2.04. The Kier molecular flexibility index (Phi) is 7.39. The predicted octanol–water partition coefficient (Wildman–Crippen LogP) is 1.12. The van der Waals surface area contributed by atoms with Crippen LogP contribution in [0.2, 0.25) is 0 Å². The lowest BCUT2D eigenvalue weighted by Crippen LogP contribution is -2.40. The van der Waals surface area contributed by atoms with Crippen LogP contribution < -0.4 is 15.0 Å². The van der Waals surface area contributed by atoms with Gasteiger partial charge in [-0.1, -0.05) is 12.1 Å². The number of benzene rings is 1. The minimum absolute atomic E-state index is 0.0162. The average Bonchev–Trinajstić information content (AvgIpc) is 2.48. The van der Waals surface area contributed by atoms with Crippen molar-refractivity contribution in [2.24, 2.45) is 0 Å². The topological polar surface area (TPSA) is 61.9 Å². The van der Waals surface area contributed by atoms with Gasteiger partial charge in [0, 0.05) is 13.5 Å². The molecule has 0 spiro atoms. The molecule has 0 atom stereocenters. The molecule has 0 bridgehead atoms. The number of hydrogen-bond acceptors (Lipinski definition) is 4. The van der Waals surface area contributed by atoms with E-state index in [2.05, 4.69) is 10.2 Å². The van der Waals surface area contributed by atoms with Crippen molar-refractivity contribution in [3.63, 3.8) is 0 Å². The Morgan fingerprint density at radius 2 is 1.91 bits per heavy atom. The summed E-state index contributed by atoms with van der Waals surface area (Å²) < 4.78 is 5.25. The predicted molar refractivity (Wildman–Crippen MR) is 87.2 cm³/mol. The fraction of sp³-hybridized carbons (Fsp3) is 0.500. The number of para-hydroxylation sites is 2. The summed E-state index contributed by atoms with van der Waals surface area (Å²) in [6.45, 7) is 2.92. The molecule has 0 aromatic heterocycles. The summed E-state index contributed by atoms with van der Waals surface area (Å²) in [4.78, 5) is 27.3. The van der Waals surface area contributed by atoms with Crippen molar-refractivity contribution in [3.05, 3.63) is 24.3 Å². The number of carbonyl (C=O) groups excluding carboxylic acids is 2. The summed E-state index contributed by atoms with van der Waals surface area (Å²) in [5, 5.41) is 2.83. The number of anilines is 1. The highest BCUT2D eigenvalue weighted by Crippen LogP contribution is 2.27. The van der Waals surface area contributed by atoms with Crippen molar-refractivity contribution in [3.8, 4) is 5.75 Å². The van der Waals surface area contributed by atoms with E-state index in [1.807, 2.05) is 26.2 Å². The van der Waals surface area contributed by atoms with Gasteiger partial charge in [0.1, 0.15) is 12.3 Å². The largest absolute Gasteiger partial charge is 0.495 e. The van der Waals surface area contributed by atoms with Gasteiger partial charge in [0.2, 0.25) is 11.8 Å². The number of carbonyl (C=O) groups is 2. The molecule has 122 valence electrons. The standard InChI is InChI=1S/C16H25N3O3/c1-13(20)19(14-8-5-6-9-15(14)22-4)12-16(21)17-10-7-11-18(2)3/h5-6,8-9H,7,10-12H2,1-4H3,(H,17,21). The van der Waals surface area contributed by atoms with E-state index in [1.54, 1.807) is 19.2 Å². The Balaban J connectivity index is 2.65. The molecule has 1 rings (SSSR count). The van der Waals surface area contributed by atoms with E-state index >= 15 is 0 Å². The highest BCUT2D eigenvalue weighted by Gasteiger charge is 2.18. The highest BCUT2D eigenvalue weighted by molar-refractivity contribution is 5.98. The Hall–Kier alpha value is -2.08. The maximum Gasteiger partial charge on any atom is 0.240 e. The Bertz CT molecular complexity index is 503. The second kappa shape index (κ2) is 9.04. The normalized spacial score (nSPS) is 10.4. The number of nitrogens with zero attached hydrogens (tertiary/aromatic N) is 2. The Morgan fingerprint density at radius 3 is 2.50 bits per heavy atom. The molecule has 0 aliphatic heterocycles. The van der Waals surface area contributed by atoms with Crippen molar-refractivity contribution < 1.29 is 14.3 Å². The van der Waals surface area contributed by atoms with E-state index < -0.39 is 0 Å². The van der Waals surface area contributed by atoms with Gasteiger partial charge in [-0.25, -0.2) is 0 Å². The van der Waals surface area contributed by atoms with E-state index in [1.165, 1.54) is 11.8 Å². The molecule has 6 heteroatoms. The summed E-state index contributed by atoms with van der Waals surface area (Å²) >= 11 is 0. The van der Waals surface area contributed by atoms with Gasteiger partial charge >= 0.3 is 0 Å². The molecule has 1 aromatic rings. The van der Waals surface area contributed by atoms with Crippen molar-refractivity contribution in [2.75, 3.05) is 45.7 Å². The molecule has 6 nitrogen and oxygen atoms in total. The van der Waals surface area contributed by atoms with E-state index in [4.69, 9.17) is 4.74 Å². The lowest BCUT2D eigenvalue weighted by atomic mass is 10.2. The quantitative estimate of drug-likeness (QED) is 0.731. The third-order valence-corrected chi connectivity index (χ3v) is 3.16. The van der Waals surface area contributed by atoms with Crippen LogP contribution in [0.15, 0.2) is 24.3 Å². The number of rotatable bonds is 8. The summed E-state index contributed by atoms with van der Waals surface area (Å²) in [5.74, 6) is 0.186. The maximum absolute atomic E-state index is 12.0. The molecule has 0 saturated carbocycles. The summed E-state index contributed by atoms with van der Waals surface area (Å²) in [5.41, 5.74) is 0.598. The third-order valence-electron chi connectivity index (χ3n) is 3.16. The molecular formula is C16H25N3O3. The van der Waals surface area contributed by atoms with E-state index in [0.717, 1.165) is 13.0 Å². The van der Waals surface area contributed by atoms with E-state index in [9.17, 15) is 9.59 Å². The van der Waals surface area contributed by atoms with Crippen LogP contribution in [0.4, 0.5) is 5.69 Å². The van der Waals surface area contributed by atoms with Gasteiger partial charge in [-0.15, -0.1) is 0 Å². The van der Waals surface area contributed by atoms with Crippen LogP contribution in [0.3, 0.4) is 0 Å². The first-order valence-electron chi connectivity index (χ1n) is 7.28. The maximum atomic E-state index is 12.0. The number of ether oxygens (including phenoxy) is 1. The SMILES string of the molecule is COc1ccccc1N(CC(=O)NCCCN(C)C)C(C)=O. The Morgan fingerprint density at radius 1 is 1.23 bits per heavy atom. The van der Waals surface area contributed by atoms with Crippen molar-refractivity contribution in [1.82, 2.24) is 10.2 Å². The molecule has 2 amide bonds. The molecule has 22 heavy (non-hydrogen) atoms. The lowest BCUT2D eigenvalue weighted by molar-refractivity contribution is -0.123. The summed E-state index contributed by atoms with van der Waals surface area (Å²) in [6.07, 6.45) is 0.869. The van der Waals surface area contributed by atoms with Gasteiger partial charge in [0.25, 0.3) is 0 Å². The van der Waals surface area contributed by atoms with Crippen LogP contribution in [0.5, 0.6) is 5.75 Å². The minimum Gasteiger partial charge on any atom is -0.495 e. The Labute approximate surface area is 132 Å². The van der Waals surface area contributed by atoms with Crippen molar-refractivity contribution in [2.45, 2.75) is 13.3 Å². The molecule has 0 fully saturated rings. The molecule has 0 aliphatic carbocycles. The van der Waals surface area contributed by atoms with Crippen LogP contribution in [0, 0.1) is 0 Å². The second-order valence-electron chi connectivity index (χ2n) is 5.28. The van der Waals surface area contributed by atoms with Crippen LogP contribution >= 0.6 is 0 Å². The van der Waals surface area contributed by atoms with Gasteiger partial charge in [-0.3, -0.25) is 14.5 Å². The smallest absolute Gasteiger partial charge is 0.240 e. The highest BCUT2D eigenvalue weighted by atomic mass is 16.5. The van der Waals surface area contributed by atoms with E-state index in [-0.39, 0.29) is 18.4 Å². The van der Waals surface area contributed by atoms with Gasteiger partial charge in [0.15, 0.2) is 0 Å². The van der Waals surface area contributed by atoms with E-state index in [0.29, 0.717) is 18.0 Å². The molecule has 0 saturated heterocycles. The minimum atomic E-state index is -0.201. The molecule has 0 unspecified atom stereocenters. The number of methoxy groups -OCH3 is 1. The first-order chi connectivity index (χ1) is 10.5. The summed E-state index contributed by atoms with van der Waals surface area (Å²) in [6, 6.07) is 7.16. The second-order valence-corrected chi connectivity index (χ2v) is 5.28. The van der Waals surface area contributed by atoms with Gasteiger partial charge in [0.05, 0.1) is 12.8 Å². The van der Waals surface area contributed by atoms with Crippen molar-refractivity contribution >= 4 is 17.5 Å². The zero-order chi connectivity index (χ0) is 16.5. The molecule has 1 aromatic carbocycles. The third kappa shape index (κ3) is 5.73. The van der Waals surface area contributed by atoms with Gasteiger partial charge in [-0.2, -0.15) is 0 Å². The van der Waals surface area contributed by atoms with Crippen molar-refractivity contribution in [1.29, 1.82) is 0 Å². The van der Waals surface area contributed by atoms with Gasteiger partial charge in [-0.05, 0) is 39.2 Å². The van der Waals surface area contributed by atoms with Gasteiger partial charge < -0.3 is 15.0 Å². The number of nitrogens with one attached hydrogen (secondary N) is 1. The average molecular weight is 307 g/mol. The lowest BCUT2D eigenvalue weighted by Gasteiger charge is -2.22. The van der Waals surface area contributed by atoms with Crippen LogP contribution in [0.1, 0.15) is 13.3 Å². The fourth-order valence-corrected chi connectivity index (χ4v) is 2.04. The molecule has 0 radical (unpaired) electrons. The zero-order valence-electron chi connectivity index (χ0n) is 13.8. The molecule has 0 heterocycles. The zero-order valence-corrected chi connectivity index (χ0v) is 13.8.